The monoisotopic (exact) mass is 643 g/mol. The molecular formula is C47H33NS. The van der Waals surface area contributed by atoms with Gasteiger partial charge in [-0.25, -0.2) is 0 Å². The van der Waals surface area contributed by atoms with Gasteiger partial charge >= 0.3 is 0 Å². The second-order valence-corrected chi connectivity index (χ2v) is 14.8. The summed E-state index contributed by atoms with van der Waals surface area (Å²) in [6.45, 7) is 4.79. The number of rotatable bonds is 4. The molecule has 0 saturated heterocycles. The van der Waals surface area contributed by atoms with E-state index >= 15 is 0 Å². The van der Waals surface area contributed by atoms with Gasteiger partial charge in [-0.05, 0) is 80.4 Å². The Hall–Kier alpha value is -5.70. The molecule has 232 valence electrons. The largest absolute Gasteiger partial charge is 0.310 e. The molecule has 0 amide bonds. The van der Waals surface area contributed by atoms with Crippen molar-refractivity contribution >= 4 is 70.1 Å². The first-order valence-electron chi connectivity index (χ1n) is 17.0. The molecule has 0 aliphatic heterocycles. The quantitative estimate of drug-likeness (QED) is 0.173. The maximum absolute atomic E-state index is 2.47. The summed E-state index contributed by atoms with van der Waals surface area (Å²) < 4.78 is 2.74. The van der Waals surface area contributed by atoms with Crippen molar-refractivity contribution in [1.82, 2.24) is 0 Å². The van der Waals surface area contributed by atoms with E-state index in [-0.39, 0.29) is 5.41 Å². The van der Waals surface area contributed by atoms with E-state index in [1.165, 1.54) is 86.5 Å². The number of benzene rings is 8. The van der Waals surface area contributed by atoms with Crippen LogP contribution in [0.15, 0.2) is 164 Å². The summed E-state index contributed by atoms with van der Waals surface area (Å²) in [7, 11) is 0. The number of nitrogens with zero attached hydrogens (tertiary/aromatic N) is 1. The van der Waals surface area contributed by atoms with Crippen LogP contribution < -0.4 is 4.90 Å². The third-order valence-corrected chi connectivity index (χ3v) is 11.8. The van der Waals surface area contributed by atoms with Crippen LogP contribution in [0.3, 0.4) is 0 Å². The standard InChI is InChI=1S/C47H33NS/c1-47(2)41-27-26-39-38-18-10-11-19-44(38)49-46(39)45(41)40-25-24-34(29-42(40)47)48(33-22-20-31(21-23-33)30-12-4-3-5-13-30)43-28-32-14-6-7-15-35(32)36-16-8-9-17-37(36)43/h3-29H,1-2H3. The summed E-state index contributed by atoms with van der Waals surface area (Å²) in [6.07, 6.45) is 0. The fourth-order valence-corrected chi connectivity index (χ4v) is 9.47. The molecule has 9 aromatic rings. The van der Waals surface area contributed by atoms with Gasteiger partial charge in [0.25, 0.3) is 0 Å². The van der Waals surface area contributed by atoms with Crippen LogP contribution in [0.4, 0.5) is 17.1 Å². The summed E-state index contributed by atoms with van der Waals surface area (Å²) in [4.78, 5) is 2.47. The van der Waals surface area contributed by atoms with Gasteiger partial charge in [0.1, 0.15) is 0 Å². The molecule has 0 spiro atoms. The van der Waals surface area contributed by atoms with E-state index in [0.29, 0.717) is 0 Å². The maximum atomic E-state index is 2.47. The Kier molecular flexibility index (Phi) is 6.16. The second kappa shape index (κ2) is 10.7. The van der Waals surface area contributed by atoms with Gasteiger partial charge in [-0.15, -0.1) is 11.3 Å². The van der Waals surface area contributed by atoms with E-state index in [4.69, 9.17) is 0 Å². The topological polar surface area (TPSA) is 3.24 Å². The molecule has 0 N–H and O–H groups in total. The van der Waals surface area contributed by atoms with Crippen molar-refractivity contribution in [2.45, 2.75) is 19.3 Å². The van der Waals surface area contributed by atoms with Gasteiger partial charge in [0.05, 0.1) is 5.69 Å². The molecule has 0 atom stereocenters. The summed E-state index contributed by atoms with van der Waals surface area (Å²) in [5.41, 5.74) is 11.3. The van der Waals surface area contributed by atoms with E-state index in [0.717, 1.165) is 5.69 Å². The zero-order valence-corrected chi connectivity index (χ0v) is 28.3. The van der Waals surface area contributed by atoms with Gasteiger partial charge in [0, 0.05) is 47.9 Å². The van der Waals surface area contributed by atoms with Crippen molar-refractivity contribution in [3.63, 3.8) is 0 Å². The third-order valence-electron chi connectivity index (χ3n) is 10.6. The molecule has 0 saturated carbocycles. The minimum atomic E-state index is -0.140. The summed E-state index contributed by atoms with van der Waals surface area (Å²) in [5, 5.41) is 7.73. The zero-order chi connectivity index (χ0) is 32.7. The molecule has 0 unspecified atom stereocenters. The van der Waals surface area contributed by atoms with Crippen molar-refractivity contribution in [3.05, 3.63) is 175 Å². The van der Waals surface area contributed by atoms with E-state index in [9.17, 15) is 0 Å². The van der Waals surface area contributed by atoms with Crippen LogP contribution in [0.25, 0.3) is 64.0 Å². The molecule has 0 radical (unpaired) electrons. The first-order valence-corrected chi connectivity index (χ1v) is 17.8. The van der Waals surface area contributed by atoms with Gasteiger partial charge in [-0.2, -0.15) is 0 Å². The smallest absolute Gasteiger partial charge is 0.0546 e. The molecule has 2 heteroatoms. The molecule has 10 rings (SSSR count). The Labute approximate surface area is 290 Å². The van der Waals surface area contributed by atoms with Crippen LogP contribution in [0.2, 0.25) is 0 Å². The highest BCUT2D eigenvalue weighted by Gasteiger charge is 2.37. The lowest BCUT2D eigenvalue weighted by atomic mass is 9.82. The Balaban J connectivity index is 1.21. The maximum Gasteiger partial charge on any atom is 0.0546 e. The summed E-state index contributed by atoms with van der Waals surface area (Å²) >= 11 is 1.93. The second-order valence-electron chi connectivity index (χ2n) is 13.7. The number of hydrogen-bond acceptors (Lipinski definition) is 2. The summed E-state index contributed by atoms with van der Waals surface area (Å²) in [5.74, 6) is 0. The highest BCUT2D eigenvalue weighted by molar-refractivity contribution is 7.26. The Morgan fingerprint density at radius 3 is 1.94 bits per heavy atom. The molecule has 8 aromatic carbocycles. The molecule has 49 heavy (non-hydrogen) atoms. The number of anilines is 3. The van der Waals surface area contributed by atoms with Crippen LogP contribution in [0.5, 0.6) is 0 Å². The molecule has 1 aliphatic carbocycles. The molecule has 0 fully saturated rings. The molecule has 0 bridgehead atoms. The van der Waals surface area contributed by atoms with Crippen LogP contribution in [-0.2, 0) is 5.41 Å². The molecule has 1 aliphatic rings. The Bertz CT molecular complexity index is 2730. The lowest BCUT2D eigenvalue weighted by Gasteiger charge is -2.29. The third kappa shape index (κ3) is 4.24. The van der Waals surface area contributed by atoms with E-state index in [1.807, 2.05) is 11.3 Å². The van der Waals surface area contributed by atoms with Gasteiger partial charge < -0.3 is 4.90 Å². The van der Waals surface area contributed by atoms with E-state index in [2.05, 4.69) is 183 Å². The normalized spacial score (nSPS) is 13.3. The minimum absolute atomic E-state index is 0.140. The average Bonchev–Trinajstić information content (AvgIpc) is 3.64. The van der Waals surface area contributed by atoms with Crippen LogP contribution in [0, 0.1) is 0 Å². The Morgan fingerprint density at radius 1 is 0.469 bits per heavy atom. The SMILES string of the molecule is CC1(C)c2cc(N(c3ccc(-c4ccccc4)cc3)c3cc4ccccc4c4ccccc34)ccc2-c2c1ccc1c2sc2ccccc21. The first kappa shape index (κ1) is 28.3. The Morgan fingerprint density at radius 2 is 1.12 bits per heavy atom. The van der Waals surface area contributed by atoms with Gasteiger partial charge in [-0.3, -0.25) is 0 Å². The van der Waals surface area contributed by atoms with Gasteiger partial charge in [0.2, 0.25) is 0 Å². The van der Waals surface area contributed by atoms with Crippen LogP contribution in [-0.4, -0.2) is 0 Å². The van der Waals surface area contributed by atoms with Crippen molar-refractivity contribution in [2.24, 2.45) is 0 Å². The lowest BCUT2D eigenvalue weighted by Crippen LogP contribution is -2.16. The first-order chi connectivity index (χ1) is 24.1. The molecule has 1 heterocycles. The summed E-state index contributed by atoms with van der Waals surface area (Å²) in [6, 6.07) is 60.4. The van der Waals surface area contributed by atoms with Crippen molar-refractivity contribution in [3.8, 4) is 22.3 Å². The van der Waals surface area contributed by atoms with Crippen molar-refractivity contribution in [1.29, 1.82) is 0 Å². The molecular weight excluding hydrogens is 611 g/mol. The van der Waals surface area contributed by atoms with Gasteiger partial charge in [0.15, 0.2) is 0 Å². The van der Waals surface area contributed by atoms with Crippen molar-refractivity contribution < 1.29 is 0 Å². The fourth-order valence-electron chi connectivity index (χ4n) is 8.21. The van der Waals surface area contributed by atoms with Crippen LogP contribution >= 0.6 is 11.3 Å². The van der Waals surface area contributed by atoms with Gasteiger partial charge in [-0.1, -0.05) is 141 Å². The molecule has 1 aromatic heterocycles. The predicted octanol–water partition coefficient (Wildman–Crippen LogP) is 13.8. The minimum Gasteiger partial charge on any atom is -0.310 e. The van der Waals surface area contributed by atoms with Crippen LogP contribution in [0.1, 0.15) is 25.0 Å². The zero-order valence-electron chi connectivity index (χ0n) is 27.4. The molecule has 1 nitrogen and oxygen atoms in total. The van der Waals surface area contributed by atoms with E-state index < -0.39 is 0 Å². The average molecular weight is 644 g/mol. The highest BCUT2D eigenvalue weighted by Crippen LogP contribution is 2.55. The van der Waals surface area contributed by atoms with Crippen molar-refractivity contribution in [2.75, 3.05) is 4.90 Å². The highest BCUT2D eigenvalue weighted by atomic mass is 32.1. The lowest BCUT2D eigenvalue weighted by molar-refractivity contribution is 0.661. The number of thiophene rings is 1. The fraction of sp³-hybridized carbons (Fsp3) is 0.0638. The van der Waals surface area contributed by atoms with E-state index in [1.54, 1.807) is 0 Å². The predicted molar refractivity (Wildman–Crippen MR) is 212 cm³/mol. The number of hydrogen-bond donors (Lipinski definition) is 0. The number of fused-ring (bicyclic) bond motifs is 10.